The number of Topliss-reactive ketones (excluding diaryl/α,β-unsaturated/α-hetero) is 1. The second-order valence-electron chi connectivity index (χ2n) is 7.25. The van der Waals surface area contributed by atoms with Crippen LogP contribution in [-0.2, 0) is 9.53 Å². The van der Waals surface area contributed by atoms with Crippen LogP contribution in [0.4, 0.5) is 4.79 Å². The molecular weight excluding hydrogens is 254 g/mol. The molecule has 0 unspecified atom stereocenters. The molecule has 1 amide bonds. The summed E-state index contributed by atoms with van der Waals surface area (Å²) in [5.74, 6) is 1.22. The van der Waals surface area contributed by atoms with Gasteiger partial charge in [-0.2, -0.15) is 0 Å². The number of likely N-dealkylation sites (tertiary alicyclic amines) is 1. The Morgan fingerprint density at radius 1 is 1.20 bits per heavy atom. The second-order valence-corrected chi connectivity index (χ2v) is 7.25. The predicted octanol–water partition coefficient (Wildman–Crippen LogP) is 3.64. The largest absolute Gasteiger partial charge is 0.444 e. The third-order valence-electron chi connectivity index (χ3n) is 3.42. The van der Waals surface area contributed by atoms with E-state index in [9.17, 15) is 9.59 Å². The molecule has 0 saturated carbocycles. The van der Waals surface area contributed by atoms with Crippen LogP contribution >= 0.6 is 0 Å². The van der Waals surface area contributed by atoms with Crippen molar-refractivity contribution in [3.8, 4) is 0 Å². The van der Waals surface area contributed by atoms with E-state index in [4.69, 9.17) is 4.74 Å². The van der Waals surface area contributed by atoms with E-state index in [2.05, 4.69) is 13.8 Å². The first-order valence-corrected chi connectivity index (χ1v) is 7.67. The van der Waals surface area contributed by atoms with Gasteiger partial charge in [0.1, 0.15) is 11.4 Å². The summed E-state index contributed by atoms with van der Waals surface area (Å²) in [5, 5.41) is 0. The van der Waals surface area contributed by atoms with Gasteiger partial charge in [-0.25, -0.2) is 4.79 Å². The van der Waals surface area contributed by atoms with Crippen LogP contribution in [0.2, 0.25) is 0 Å². The molecule has 20 heavy (non-hydrogen) atoms. The third kappa shape index (κ3) is 6.40. The maximum atomic E-state index is 11.9. The van der Waals surface area contributed by atoms with Crippen LogP contribution in [0.3, 0.4) is 0 Å². The summed E-state index contributed by atoms with van der Waals surface area (Å²) in [6.45, 7) is 11.2. The zero-order valence-corrected chi connectivity index (χ0v) is 13.6. The molecule has 4 heteroatoms. The highest BCUT2D eigenvalue weighted by Gasteiger charge is 2.27. The predicted molar refractivity (Wildman–Crippen MR) is 79.6 cm³/mol. The summed E-state index contributed by atoms with van der Waals surface area (Å²) in [4.78, 5) is 25.5. The van der Waals surface area contributed by atoms with Crippen molar-refractivity contribution in [3.05, 3.63) is 0 Å². The minimum atomic E-state index is -0.443. The maximum absolute atomic E-state index is 11.9. The lowest BCUT2D eigenvalue weighted by atomic mass is 9.89. The molecule has 1 saturated heterocycles. The molecule has 116 valence electrons. The molecule has 0 N–H and O–H groups in total. The van der Waals surface area contributed by atoms with Crippen molar-refractivity contribution in [2.75, 3.05) is 13.1 Å². The summed E-state index contributed by atoms with van der Waals surface area (Å²) >= 11 is 0. The molecule has 1 aliphatic rings. The molecule has 1 fully saturated rings. The number of carbonyl (C=O) groups is 2. The number of carbonyl (C=O) groups excluding carboxylic acids is 2. The third-order valence-corrected chi connectivity index (χ3v) is 3.42. The quantitative estimate of drug-likeness (QED) is 0.791. The Balaban J connectivity index is 2.33. The fourth-order valence-electron chi connectivity index (χ4n) is 2.51. The smallest absolute Gasteiger partial charge is 0.410 e. The Bertz CT molecular complexity index is 336. The van der Waals surface area contributed by atoms with Gasteiger partial charge in [-0.3, -0.25) is 4.79 Å². The van der Waals surface area contributed by atoms with Gasteiger partial charge in [0.05, 0.1) is 0 Å². The molecule has 0 radical (unpaired) electrons. The van der Waals surface area contributed by atoms with Gasteiger partial charge >= 0.3 is 6.09 Å². The number of piperidine rings is 1. The molecule has 0 atom stereocenters. The lowest BCUT2D eigenvalue weighted by molar-refractivity contribution is -0.120. The average molecular weight is 283 g/mol. The first kappa shape index (κ1) is 17.0. The molecule has 0 spiro atoms. The molecular formula is C16H29NO3. The SMILES string of the molecule is CC(C)CC(=O)CC1CCN(C(=O)OC(C)(C)C)CC1. The van der Waals surface area contributed by atoms with Crippen LogP contribution < -0.4 is 0 Å². The van der Waals surface area contributed by atoms with Crippen LogP contribution in [-0.4, -0.2) is 35.5 Å². The second kappa shape index (κ2) is 7.09. The van der Waals surface area contributed by atoms with Gasteiger partial charge in [0.2, 0.25) is 0 Å². The first-order valence-electron chi connectivity index (χ1n) is 7.67. The Morgan fingerprint density at radius 3 is 2.20 bits per heavy atom. The van der Waals surface area contributed by atoms with Crippen molar-refractivity contribution < 1.29 is 14.3 Å². The topological polar surface area (TPSA) is 46.6 Å². The zero-order valence-electron chi connectivity index (χ0n) is 13.6. The van der Waals surface area contributed by atoms with Crippen LogP contribution in [0.15, 0.2) is 0 Å². The molecule has 0 aromatic carbocycles. The average Bonchev–Trinajstić information content (AvgIpc) is 2.26. The number of rotatable bonds is 4. The summed E-state index contributed by atoms with van der Waals surface area (Å²) in [6, 6.07) is 0. The number of ether oxygens (including phenoxy) is 1. The molecule has 0 aromatic heterocycles. The van der Waals surface area contributed by atoms with Crippen LogP contribution in [0.25, 0.3) is 0 Å². The number of hydrogen-bond donors (Lipinski definition) is 0. The van der Waals surface area contributed by atoms with Gasteiger partial charge in [0.25, 0.3) is 0 Å². The van der Waals surface area contributed by atoms with Crippen molar-refractivity contribution in [2.45, 2.75) is 65.9 Å². The van der Waals surface area contributed by atoms with Crippen LogP contribution in [0, 0.1) is 11.8 Å². The van der Waals surface area contributed by atoms with Gasteiger partial charge < -0.3 is 9.64 Å². The van der Waals surface area contributed by atoms with E-state index in [-0.39, 0.29) is 6.09 Å². The molecule has 1 heterocycles. The summed E-state index contributed by atoms with van der Waals surface area (Å²) < 4.78 is 5.37. The Kier molecular flexibility index (Phi) is 6.03. The Labute approximate surface area is 122 Å². The van der Waals surface area contributed by atoms with Crippen molar-refractivity contribution in [3.63, 3.8) is 0 Å². The minimum Gasteiger partial charge on any atom is -0.444 e. The zero-order chi connectivity index (χ0) is 15.3. The number of amides is 1. The van der Waals surface area contributed by atoms with Gasteiger partial charge in [0, 0.05) is 25.9 Å². The first-order chi connectivity index (χ1) is 9.17. The molecule has 1 aliphatic heterocycles. The lowest BCUT2D eigenvalue weighted by Crippen LogP contribution is -2.42. The summed E-state index contributed by atoms with van der Waals surface area (Å²) in [5.41, 5.74) is -0.443. The standard InChI is InChI=1S/C16H29NO3/c1-12(2)10-14(18)11-13-6-8-17(9-7-13)15(19)20-16(3,4)5/h12-13H,6-11H2,1-5H3. The summed E-state index contributed by atoms with van der Waals surface area (Å²) in [6.07, 6.45) is 2.92. The van der Waals surface area contributed by atoms with Crippen molar-refractivity contribution >= 4 is 11.9 Å². The molecule has 0 aromatic rings. The van der Waals surface area contributed by atoms with Gasteiger partial charge in [-0.1, -0.05) is 13.8 Å². The van der Waals surface area contributed by atoms with Crippen molar-refractivity contribution in [1.29, 1.82) is 0 Å². The molecule has 0 aliphatic carbocycles. The molecule has 0 bridgehead atoms. The van der Waals surface area contributed by atoms with Crippen LogP contribution in [0.5, 0.6) is 0 Å². The van der Waals surface area contributed by atoms with Crippen molar-refractivity contribution in [2.24, 2.45) is 11.8 Å². The fourth-order valence-corrected chi connectivity index (χ4v) is 2.51. The molecule has 4 nitrogen and oxygen atoms in total. The number of nitrogens with zero attached hydrogens (tertiary/aromatic N) is 1. The Hall–Kier alpha value is -1.06. The normalized spacial score (nSPS) is 17.4. The number of ketones is 1. The Morgan fingerprint density at radius 2 is 1.75 bits per heavy atom. The van der Waals surface area contributed by atoms with Crippen molar-refractivity contribution in [1.82, 2.24) is 4.90 Å². The highest BCUT2D eigenvalue weighted by Crippen LogP contribution is 2.23. The van der Waals surface area contributed by atoms with E-state index >= 15 is 0 Å². The van der Waals surface area contributed by atoms with E-state index < -0.39 is 5.60 Å². The van der Waals surface area contributed by atoms with E-state index in [1.165, 1.54) is 0 Å². The van der Waals surface area contributed by atoms with E-state index in [1.807, 2.05) is 20.8 Å². The van der Waals surface area contributed by atoms with E-state index in [0.717, 1.165) is 12.8 Å². The highest BCUT2D eigenvalue weighted by molar-refractivity contribution is 5.78. The van der Waals surface area contributed by atoms with Gasteiger partial charge in [-0.05, 0) is 45.4 Å². The van der Waals surface area contributed by atoms with E-state index in [0.29, 0.717) is 43.6 Å². The monoisotopic (exact) mass is 283 g/mol. The van der Waals surface area contributed by atoms with Crippen LogP contribution in [0.1, 0.15) is 60.3 Å². The highest BCUT2D eigenvalue weighted by atomic mass is 16.6. The fraction of sp³-hybridized carbons (Fsp3) is 0.875. The lowest BCUT2D eigenvalue weighted by Gasteiger charge is -2.33. The van der Waals surface area contributed by atoms with Gasteiger partial charge in [0.15, 0.2) is 0 Å². The maximum Gasteiger partial charge on any atom is 0.410 e. The number of hydrogen-bond acceptors (Lipinski definition) is 3. The molecule has 1 rings (SSSR count). The minimum absolute atomic E-state index is 0.232. The van der Waals surface area contributed by atoms with Gasteiger partial charge in [-0.15, -0.1) is 0 Å². The summed E-state index contributed by atoms with van der Waals surface area (Å²) in [7, 11) is 0. The van der Waals surface area contributed by atoms with E-state index in [1.54, 1.807) is 4.90 Å².